The number of anilines is 1. The van der Waals surface area contributed by atoms with Gasteiger partial charge in [-0.1, -0.05) is 11.6 Å². The Bertz CT molecular complexity index is 669. The highest BCUT2D eigenvalue weighted by Gasteiger charge is 2.16. The molecule has 1 heterocycles. The maximum absolute atomic E-state index is 12.2. The summed E-state index contributed by atoms with van der Waals surface area (Å²) in [6.07, 6.45) is 1.66. The van der Waals surface area contributed by atoms with Gasteiger partial charge in [0.1, 0.15) is 5.75 Å². The standard InChI is InChI=1S/C13H11ClN2O3S/c1-7-6-15-13(20-7)16-12(18)10-5-9(14)3-4-11(10)19-8(2)17/h3-6H,1-2H3,(H,15,16,18). The lowest BCUT2D eigenvalue weighted by atomic mass is 10.2. The lowest BCUT2D eigenvalue weighted by Gasteiger charge is -2.08. The molecule has 1 amide bonds. The van der Waals surface area contributed by atoms with E-state index >= 15 is 0 Å². The number of ether oxygens (including phenoxy) is 1. The highest BCUT2D eigenvalue weighted by Crippen LogP contribution is 2.25. The van der Waals surface area contributed by atoms with Crippen molar-refractivity contribution in [3.63, 3.8) is 0 Å². The molecule has 1 N–H and O–H groups in total. The Kier molecular flexibility index (Phi) is 4.36. The van der Waals surface area contributed by atoms with Crippen LogP contribution in [0.4, 0.5) is 5.13 Å². The minimum absolute atomic E-state index is 0.160. The summed E-state index contributed by atoms with van der Waals surface area (Å²) < 4.78 is 4.99. The van der Waals surface area contributed by atoms with Gasteiger partial charge < -0.3 is 4.74 Å². The lowest BCUT2D eigenvalue weighted by Crippen LogP contribution is -2.14. The van der Waals surface area contributed by atoms with Crippen molar-refractivity contribution in [1.29, 1.82) is 0 Å². The summed E-state index contributed by atoms with van der Waals surface area (Å²) in [4.78, 5) is 28.2. The van der Waals surface area contributed by atoms with E-state index < -0.39 is 11.9 Å². The Morgan fingerprint density at radius 1 is 1.40 bits per heavy atom. The number of thiazole rings is 1. The zero-order valence-electron chi connectivity index (χ0n) is 10.8. The molecule has 0 aliphatic carbocycles. The van der Waals surface area contributed by atoms with Gasteiger partial charge in [0.05, 0.1) is 5.56 Å². The first kappa shape index (κ1) is 14.5. The van der Waals surface area contributed by atoms with Gasteiger partial charge in [-0.25, -0.2) is 4.98 Å². The summed E-state index contributed by atoms with van der Waals surface area (Å²) in [6, 6.07) is 4.46. The summed E-state index contributed by atoms with van der Waals surface area (Å²) in [7, 11) is 0. The number of aromatic nitrogens is 1. The van der Waals surface area contributed by atoms with Gasteiger partial charge >= 0.3 is 5.97 Å². The summed E-state index contributed by atoms with van der Waals surface area (Å²) in [5.74, 6) is -0.780. The van der Waals surface area contributed by atoms with Crippen molar-refractivity contribution in [1.82, 2.24) is 4.98 Å². The highest BCUT2D eigenvalue weighted by atomic mass is 35.5. The van der Waals surface area contributed by atoms with Gasteiger partial charge in [-0.2, -0.15) is 0 Å². The largest absolute Gasteiger partial charge is 0.426 e. The number of esters is 1. The van der Waals surface area contributed by atoms with E-state index in [4.69, 9.17) is 16.3 Å². The van der Waals surface area contributed by atoms with Crippen LogP contribution in [0.1, 0.15) is 22.2 Å². The van der Waals surface area contributed by atoms with E-state index in [0.29, 0.717) is 10.2 Å². The first-order valence-electron chi connectivity index (χ1n) is 5.67. The molecule has 0 saturated heterocycles. The van der Waals surface area contributed by atoms with Crippen LogP contribution in [-0.2, 0) is 4.79 Å². The number of amides is 1. The van der Waals surface area contributed by atoms with Gasteiger partial charge in [0, 0.05) is 23.0 Å². The molecular weight excluding hydrogens is 300 g/mol. The molecule has 0 atom stereocenters. The third-order valence-electron chi connectivity index (χ3n) is 2.28. The number of carbonyl (C=O) groups excluding carboxylic acids is 2. The van der Waals surface area contributed by atoms with Gasteiger partial charge in [-0.3, -0.25) is 14.9 Å². The summed E-state index contributed by atoms with van der Waals surface area (Å²) in [5, 5.41) is 3.49. The Hall–Kier alpha value is -1.92. The van der Waals surface area contributed by atoms with Crippen LogP contribution in [0.25, 0.3) is 0 Å². The third kappa shape index (κ3) is 3.55. The fourth-order valence-corrected chi connectivity index (χ4v) is 2.33. The van der Waals surface area contributed by atoms with Gasteiger partial charge in [-0.15, -0.1) is 11.3 Å². The van der Waals surface area contributed by atoms with E-state index in [1.165, 1.54) is 30.4 Å². The van der Waals surface area contributed by atoms with Crippen LogP contribution in [0.3, 0.4) is 0 Å². The SMILES string of the molecule is CC(=O)Oc1ccc(Cl)cc1C(=O)Nc1ncc(C)s1. The predicted molar refractivity (Wildman–Crippen MR) is 77.6 cm³/mol. The number of halogens is 1. The van der Waals surface area contributed by atoms with Crippen molar-refractivity contribution in [3.8, 4) is 5.75 Å². The minimum Gasteiger partial charge on any atom is -0.426 e. The molecule has 0 radical (unpaired) electrons. The quantitative estimate of drug-likeness (QED) is 0.698. The fourth-order valence-electron chi connectivity index (χ4n) is 1.50. The molecule has 2 rings (SSSR count). The Balaban J connectivity index is 2.27. The maximum atomic E-state index is 12.2. The van der Waals surface area contributed by atoms with Crippen molar-refractivity contribution in [2.75, 3.05) is 5.32 Å². The van der Waals surface area contributed by atoms with Crippen LogP contribution in [0.15, 0.2) is 24.4 Å². The molecule has 0 spiro atoms. The molecule has 0 unspecified atom stereocenters. The molecule has 0 bridgehead atoms. The number of nitrogens with one attached hydrogen (secondary N) is 1. The minimum atomic E-state index is -0.508. The molecule has 104 valence electrons. The van der Waals surface area contributed by atoms with Crippen molar-refractivity contribution in [3.05, 3.63) is 39.9 Å². The molecule has 5 nitrogen and oxygen atoms in total. The van der Waals surface area contributed by atoms with Gasteiger partial charge in [0.15, 0.2) is 5.13 Å². The van der Waals surface area contributed by atoms with E-state index in [0.717, 1.165) is 4.88 Å². The summed E-state index contributed by atoms with van der Waals surface area (Å²) >= 11 is 7.22. The number of rotatable bonds is 3. The van der Waals surface area contributed by atoms with Crippen molar-refractivity contribution in [2.24, 2.45) is 0 Å². The van der Waals surface area contributed by atoms with Crippen LogP contribution in [-0.4, -0.2) is 16.9 Å². The first-order chi connectivity index (χ1) is 9.45. The maximum Gasteiger partial charge on any atom is 0.308 e. The molecule has 0 saturated carbocycles. The number of carbonyl (C=O) groups is 2. The first-order valence-corrected chi connectivity index (χ1v) is 6.87. The number of hydrogen-bond acceptors (Lipinski definition) is 5. The van der Waals surface area contributed by atoms with Crippen LogP contribution in [0, 0.1) is 6.92 Å². The second-order valence-corrected chi connectivity index (χ2v) is 5.64. The van der Waals surface area contributed by atoms with E-state index in [1.54, 1.807) is 12.3 Å². The normalized spacial score (nSPS) is 10.2. The van der Waals surface area contributed by atoms with Gasteiger partial charge in [0.25, 0.3) is 5.91 Å². The monoisotopic (exact) mass is 310 g/mol. The Labute approximate surface area is 124 Å². The molecule has 0 aliphatic rings. The average Bonchev–Trinajstić information content (AvgIpc) is 2.76. The molecular formula is C13H11ClN2O3S. The van der Waals surface area contributed by atoms with Gasteiger partial charge in [0.2, 0.25) is 0 Å². The highest BCUT2D eigenvalue weighted by molar-refractivity contribution is 7.15. The van der Waals surface area contributed by atoms with Crippen LogP contribution in [0.2, 0.25) is 5.02 Å². The average molecular weight is 311 g/mol. The van der Waals surface area contributed by atoms with Crippen LogP contribution in [0.5, 0.6) is 5.75 Å². The molecule has 0 aliphatic heterocycles. The molecule has 0 fully saturated rings. The number of nitrogens with zero attached hydrogens (tertiary/aromatic N) is 1. The van der Waals surface area contributed by atoms with E-state index in [-0.39, 0.29) is 11.3 Å². The zero-order chi connectivity index (χ0) is 14.7. The second kappa shape index (κ2) is 6.02. The summed E-state index contributed by atoms with van der Waals surface area (Å²) in [6.45, 7) is 3.15. The number of aryl methyl sites for hydroxylation is 1. The van der Waals surface area contributed by atoms with Crippen molar-refractivity contribution in [2.45, 2.75) is 13.8 Å². The van der Waals surface area contributed by atoms with Crippen molar-refractivity contribution >= 4 is 39.9 Å². The number of benzene rings is 1. The van der Waals surface area contributed by atoms with E-state index in [9.17, 15) is 9.59 Å². The van der Waals surface area contributed by atoms with Gasteiger partial charge in [-0.05, 0) is 25.1 Å². The Morgan fingerprint density at radius 2 is 2.15 bits per heavy atom. The molecule has 2 aromatic rings. The lowest BCUT2D eigenvalue weighted by molar-refractivity contribution is -0.131. The van der Waals surface area contributed by atoms with Crippen LogP contribution < -0.4 is 10.1 Å². The van der Waals surface area contributed by atoms with Crippen LogP contribution >= 0.6 is 22.9 Å². The number of hydrogen-bond donors (Lipinski definition) is 1. The van der Waals surface area contributed by atoms with E-state index in [1.807, 2.05) is 6.92 Å². The van der Waals surface area contributed by atoms with E-state index in [2.05, 4.69) is 10.3 Å². The fraction of sp³-hybridized carbons (Fsp3) is 0.154. The molecule has 7 heteroatoms. The topological polar surface area (TPSA) is 68.3 Å². The molecule has 1 aromatic carbocycles. The smallest absolute Gasteiger partial charge is 0.308 e. The molecule has 1 aromatic heterocycles. The Morgan fingerprint density at radius 3 is 2.75 bits per heavy atom. The third-order valence-corrected chi connectivity index (χ3v) is 3.34. The van der Waals surface area contributed by atoms with Crippen molar-refractivity contribution < 1.29 is 14.3 Å². The predicted octanol–water partition coefficient (Wildman–Crippen LogP) is 3.28. The molecule has 20 heavy (non-hydrogen) atoms. The zero-order valence-corrected chi connectivity index (χ0v) is 12.3. The second-order valence-electron chi connectivity index (χ2n) is 3.96. The summed E-state index contributed by atoms with van der Waals surface area (Å²) in [5.41, 5.74) is 0.181.